The molecular weight excluding hydrogens is 328 g/mol. The first-order chi connectivity index (χ1) is 12.7. The van der Waals surface area contributed by atoms with Crippen molar-refractivity contribution in [3.63, 3.8) is 0 Å². The molecule has 2 heterocycles. The number of ether oxygens (including phenoxy) is 1. The molecule has 1 aromatic carbocycles. The molecule has 0 bridgehead atoms. The van der Waals surface area contributed by atoms with Gasteiger partial charge in [-0.25, -0.2) is 0 Å². The van der Waals surface area contributed by atoms with Crippen molar-refractivity contribution in [3.8, 4) is 5.75 Å². The maximum atomic E-state index is 12.7. The Morgan fingerprint density at radius 3 is 2.81 bits per heavy atom. The number of fused-ring (bicyclic) bond motifs is 1. The molecule has 1 amide bonds. The van der Waals surface area contributed by atoms with E-state index in [0.29, 0.717) is 23.5 Å². The van der Waals surface area contributed by atoms with Crippen molar-refractivity contribution in [2.75, 3.05) is 32.8 Å². The van der Waals surface area contributed by atoms with E-state index in [4.69, 9.17) is 9.15 Å². The fraction of sp³-hybridized carbons (Fsp3) is 0.571. The highest BCUT2D eigenvalue weighted by atomic mass is 16.5. The van der Waals surface area contributed by atoms with Crippen molar-refractivity contribution in [2.45, 2.75) is 39.0 Å². The molecule has 1 saturated carbocycles. The van der Waals surface area contributed by atoms with Crippen molar-refractivity contribution >= 4 is 16.9 Å². The molecule has 0 spiro atoms. The normalized spacial score (nSPS) is 19.4. The number of nitrogens with one attached hydrogen (secondary N) is 1. The van der Waals surface area contributed by atoms with Gasteiger partial charge in [0.05, 0.1) is 18.3 Å². The molecule has 1 aliphatic carbocycles. The van der Waals surface area contributed by atoms with Crippen LogP contribution in [-0.2, 0) is 0 Å². The fourth-order valence-electron chi connectivity index (χ4n) is 3.97. The summed E-state index contributed by atoms with van der Waals surface area (Å²) in [5.41, 5.74) is 1.57. The molecule has 0 radical (unpaired) electrons. The van der Waals surface area contributed by atoms with Gasteiger partial charge in [0.25, 0.3) is 5.91 Å². The van der Waals surface area contributed by atoms with Crippen molar-refractivity contribution in [1.29, 1.82) is 0 Å². The molecule has 2 aromatic rings. The number of furan rings is 1. The van der Waals surface area contributed by atoms with Gasteiger partial charge in [-0.05, 0) is 63.9 Å². The largest absolute Gasteiger partial charge is 0.493 e. The SMILES string of the molecule is CCOc1cc(C(=O)NCC2(CN3CCCCC3)CC2)cc2occc12. The smallest absolute Gasteiger partial charge is 0.251 e. The average Bonchev–Trinajstić information content (AvgIpc) is 3.24. The predicted octanol–water partition coefficient (Wildman–Crippen LogP) is 3.83. The Kier molecular flexibility index (Phi) is 4.90. The van der Waals surface area contributed by atoms with Crippen LogP contribution >= 0.6 is 0 Å². The van der Waals surface area contributed by atoms with E-state index in [1.54, 1.807) is 12.3 Å². The van der Waals surface area contributed by atoms with Gasteiger partial charge in [0, 0.05) is 24.1 Å². The number of carbonyl (C=O) groups is 1. The second-order valence-electron chi connectivity index (χ2n) is 7.76. The number of likely N-dealkylation sites (tertiary alicyclic amines) is 1. The van der Waals surface area contributed by atoms with Gasteiger partial charge in [0.15, 0.2) is 0 Å². The average molecular weight is 356 g/mol. The zero-order valence-corrected chi connectivity index (χ0v) is 15.6. The third kappa shape index (κ3) is 3.73. The number of amides is 1. The molecule has 0 atom stereocenters. The van der Waals surface area contributed by atoms with Crippen LogP contribution in [0.3, 0.4) is 0 Å². The minimum atomic E-state index is -0.0471. The van der Waals surface area contributed by atoms with E-state index in [9.17, 15) is 4.79 Å². The van der Waals surface area contributed by atoms with E-state index in [1.165, 1.54) is 45.2 Å². The Morgan fingerprint density at radius 1 is 1.27 bits per heavy atom. The number of carbonyl (C=O) groups excluding carboxylic acids is 1. The molecule has 5 heteroatoms. The van der Waals surface area contributed by atoms with E-state index < -0.39 is 0 Å². The minimum Gasteiger partial charge on any atom is -0.493 e. The molecule has 0 unspecified atom stereocenters. The first kappa shape index (κ1) is 17.4. The molecule has 140 valence electrons. The number of benzene rings is 1. The third-order valence-corrected chi connectivity index (χ3v) is 5.68. The lowest BCUT2D eigenvalue weighted by Gasteiger charge is -2.30. The highest BCUT2D eigenvalue weighted by Crippen LogP contribution is 2.46. The van der Waals surface area contributed by atoms with E-state index in [0.717, 1.165) is 18.5 Å². The summed E-state index contributed by atoms with van der Waals surface area (Å²) < 4.78 is 11.2. The lowest BCUT2D eigenvalue weighted by molar-refractivity contribution is 0.0935. The Hall–Kier alpha value is -2.01. The van der Waals surface area contributed by atoms with Crippen LogP contribution in [0.2, 0.25) is 0 Å². The summed E-state index contributed by atoms with van der Waals surface area (Å²) in [4.78, 5) is 15.3. The second-order valence-corrected chi connectivity index (χ2v) is 7.76. The van der Waals surface area contributed by atoms with E-state index in [1.807, 2.05) is 19.1 Å². The Morgan fingerprint density at radius 2 is 2.08 bits per heavy atom. The number of piperidine rings is 1. The first-order valence-corrected chi connectivity index (χ1v) is 9.84. The van der Waals surface area contributed by atoms with E-state index >= 15 is 0 Å². The zero-order valence-electron chi connectivity index (χ0n) is 15.6. The molecule has 26 heavy (non-hydrogen) atoms. The number of hydrogen-bond donors (Lipinski definition) is 1. The topological polar surface area (TPSA) is 54.7 Å². The predicted molar refractivity (Wildman–Crippen MR) is 102 cm³/mol. The van der Waals surface area contributed by atoms with Gasteiger partial charge in [0.1, 0.15) is 11.3 Å². The van der Waals surface area contributed by atoms with Gasteiger partial charge < -0.3 is 19.4 Å². The van der Waals surface area contributed by atoms with Gasteiger partial charge in [0.2, 0.25) is 0 Å². The van der Waals surface area contributed by atoms with Gasteiger partial charge in [-0.2, -0.15) is 0 Å². The Labute approximate surface area is 154 Å². The zero-order chi connectivity index (χ0) is 18.0. The summed E-state index contributed by atoms with van der Waals surface area (Å²) in [5.74, 6) is 0.660. The summed E-state index contributed by atoms with van der Waals surface area (Å²) in [5, 5.41) is 4.06. The molecular formula is C21H28N2O3. The van der Waals surface area contributed by atoms with Crippen LogP contribution in [0.15, 0.2) is 28.9 Å². The number of hydrogen-bond acceptors (Lipinski definition) is 4. The maximum Gasteiger partial charge on any atom is 0.251 e. The second kappa shape index (κ2) is 7.31. The molecule has 2 fully saturated rings. The van der Waals surface area contributed by atoms with Crippen molar-refractivity contribution in [3.05, 3.63) is 30.0 Å². The molecule has 4 rings (SSSR count). The van der Waals surface area contributed by atoms with Gasteiger partial charge in [-0.1, -0.05) is 6.42 Å². The summed E-state index contributed by atoms with van der Waals surface area (Å²) in [7, 11) is 0. The van der Waals surface area contributed by atoms with Crippen LogP contribution < -0.4 is 10.1 Å². The monoisotopic (exact) mass is 356 g/mol. The molecule has 2 aliphatic rings. The van der Waals surface area contributed by atoms with E-state index in [2.05, 4.69) is 10.2 Å². The van der Waals surface area contributed by atoms with Crippen LogP contribution in [0.4, 0.5) is 0 Å². The Bertz CT molecular complexity index is 773. The number of nitrogens with zero attached hydrogens (tertiary/aromatic N) is 1. The molecule has 5 nitrogen and oxygen atoms in total. The molecule has 1 saturated heterocycles. The number of rotatable bonds is 7. The molecule has 1 aliphatic heterocycles. The van der Waals surface area contributed by atoms with Crippen LogP contribution in [0.1, 0.15) is 49.4 Å². The van der Waals surface area contributed by atoms with Gasteiger partial charge in [-0.15, -0.1) is 0 Å². The quantitative estimate of drug-likeness (QED) is 0.819. The first-order valence-electron chi connectivity index (χ1n) is 9.84. The highest BCUT2D eigenvalue weighted by Gasteiger charge is 2.44. The summed E-state index contributed by atoms with van der Waals surface area (Å²) in [6, 6.07) is 5.50. The van der Waals surface area contributed by atoms with Crippen molar-refractivity contribution < 1.29 is 13.9 Å². The molecule has 1 aromatic heterocycles. The fourth-order valence-corrected chi connectivity index (χ4v) is 3.97. The van der Waals surface area contributed by atoms with Crippen LogP contribution in [0.25, 0.3) is 11.0 Å². The van der Waals surface area contributed by atoms with Crippen LogP contribution in [0.5, 0.6) is 5.75 Å². The summed E-state index contributed by atoms with van der Waals surface area (Å²) in [6.45, 7) is 6.79. The lowest BCUT2D eigenvalue weighted by atomic mass is 10.0. The van der Waals surface area contributed by atoms with Gasteiger partial charge >= 0.3 is 0 Å². The Balaban J connectivity index is 1.41. The minimum absolute atomic E-state index is 0.0471. The summed E-state index contributed by atoms with van der Waals surface area (Å²) >= 11 is 0. The van der Waals surface area contributed by atoms with Crippen molar-refractivity contribution in [2.24, 2.45) is 5.41 Å². The van der Waals surface area contributed by atoms with Crippen LogP contribution in [-0.4, -0.2) is 43.6 Å². The lowest BCUT2D eigenvalue weighted by Crippen LogP contribution is -2.40. The highest BCUT2D eigenvalue weighted by molar-refractivity contribution is 5.99. The standard InChI is InChI=1S/C21H28N2O3/c1-2-25-18-12-16(13-19-17(18)6-11-26-19)20(24)22-14-21(7-8-21)15-23-9-4-3-5-10-23/h6,11-13H,2-5,7-10,14-15H2,1H3,(H,22,24). The molecule has 1 N–H and O–H groups in total. The van der Waals surface area contributed by atoms with Crippen LogP contribution in [0, 0.1) is 5.41 Å². The summed E-state index contributed by atoms with van der Waals surface area (Å²) in [6.07, 6.45) is 8.04. The van der Waals surface area contributed by atoms with Gasteiger partial charge in [-0.3, -0.25) is 4.79 Å². The van der Waals surface area contributed by atoms with E-state index in [-0.39, 0.29) is 11.3 Å². The maximum absolute atomic E-state index is 12.7. The third-order valence-electron chi connectivity index (χ3n) is 5.68. The van der Waals surface area contributed by atoms with Crippen molar-refractivity contribution in [1.82, 2.24) is 10.2 Å².